The topological polar surface area (TPSA) is 144 Å². The van der Waals surface area contributed by atoms with E-state index < -0.39 is 24.0 Å². The highest BCUT2D eigenvalue weighted by molar-refractivity contribution is 5.98. The van der Waals surface area contributed by atoms with E-state index in [0.29, 0.717) is 11.3 Å². The van der Waals surface area contributed by atoms with Crippen LogP contribution in [0.5, 0.6) is 5.75 Å². The molecule has 31 heavy (non-hydrogen) atoms. The highest BCUT2D eigenvalue weighted by atomic mass is 19.4. The zero-order valence-corrected chi connectivity index (χ0v) is 15.8. The third kappa shape index (κ3) is 7.03. The minimum atomic E-state index is -5.24. The Kier molecular flexibility index (Phi) is 7.55. The number of carbonyl (C=O) groups excluding carboxylic acids is 3. The van der Waals surface area contributed by atoms with Gasteiger partial charge in [-0.25, -0.2) is 4.79 Å². The van der Waals surface area contributed by atoms with E-state index in [1.165, 1.54) is 29.7 Å². The van der Waals surface area contributed by atoms with Crippen LogP contribution < -0.4 is 21.3 Å². The van der Waals surface area contributed by atoms with Gasteiger partial charge in [0.1, 0.15) is 18.2 Å². The average molecular weight is 438 g/mol. The van der Waals surface area contributed by atoms with Gasteiger partial charge < -0.3 is 20.6 Å². The molecule has 0 aliphatic carbocycles. The van der Waals surface area contributed by atoms with Crippen molar-refractivity contribution < 1.29 is 37.1 Å². The molecule has 0 aliphatic rings. The van der Waals surface area contributed by atoms with E-state index in [9.17, 15) is 27.6 Å². The standard InChI is InChI=1S/C19H17F3N4O5/c20-19(21,22)18(29)31-26-17(28)12-6-4-11(5-7-12)16(27)25-8-9-30-14-3-1-2-13(10-14)15(23)24/h1-7,10H,8-9H2,(H3,23,24)(H,25,27)(H,26,28). The van der Waals surface area contributed by atoms with Crippen LogP contribution in [0.4, 0.5) is 13.2 Å². The molecule has 0 aliphatic heterocycles. The number of alkyl halides is 3. The van der Waals surface area contributed by atoms with E-state index in [1.54, 1.807) is 24.3 Å². The molecule has 2 rings (SSSR count). The minimum Gasteiger partial charge on any atom is -0.492 e. The van der Waals surface area contributed by atoms with E-state index in [1.807, 2.05) is 0 Å². The summed E-state index contributed by atoms with van der Waals surface area (Å²) in [6.45, 7) is 0.289. The predicted molar refractivity (Wildman–Crippen MR) is 101 cm³/mol. The number of nitrogens with one attached hydrogen (secondary N) is 3. The summed E-state index contributed by atoms with van der Waals surface area (Å²) >= 11 is 0. The molecule has 2 aromatic rings. The molecule has 2 amide bonds. The molecule has 164 valence electrons. The van der Waals surface area contributed by atoms with Crippen LogP contribution in [0.2, 0.25) is 0 Å². The van der Waals surface area contributed by atoms with E-state index in [2.05, 4.69) is 10.2 Å². The zero-order chi connectivity index (χ0) is 23.0. The molecule has 0 bridgehead atoms. The third-order valence-electron chi connectivity index (χ3n) is 3.68. The maximum Gasteiger partial charge on any atom is 0.493 e. The lowest BCUT2D eigenvalue weighted by molar-refractivity contribution is -0.204. The van der Waals surface area contributed by atoms with Crippen molar-refractivity contribution >= 4 is 23.6 Å². The molecule has 0 heterocycles. The molecule has 0 unspecified atom stereocenters. The number of rotatable bonds is 7. The van der Waals surface area contributed by atoms with Gasteiger partial charge in [0.2, 0.25) is 0 Å². The second-order valence-electron chi connectivity index (χ2n) is 5.94. The molecule has 12 heteroatoms. The number of hydrogen-bond donors (Lipinski definition) is 4. The molecular weight excluding hydrogens is 421 g/mol. The van der Waals surface area contributed by atoms with E-state index >= 15 is 0 Å². The van der Waals surface area contributed by atoms with Crippen molar-refractivity contribution in [2.75, 3.05) is 13.2 Å². The van der Waals surface area contributed by atoms with Crippen LogP contribution in [0.25, 0.3) is 0 Å². The molecule has 0 saturated heterocycles. The molecule has 0 radical (unpaired) electrons. The number of amidine groups is 1. The number of benzene rings is 2. The average Bonchev–Trinajstić information content (AvgIpc) is 2.74. The maximum atomic E-state index is 12.1. The van der Waals surface area contributed by atoms with Gasteiger partial charge in [0.05, 0.1) is 6.54 Å². The Labute approximate surface area is 173 Å². The Morgan fingerprint density at radius 1 is 0.968 bits per heavy atom. The third-order valence-corrected chi connectivity index (χ3v) is 3.68. The first-order valence-electron chi connectivity index (χ1n) is 8.62. The number of ether oxygens (including phenoxy) is 1. The van der Waals surface area contributed by atoms with Gasteiger partial charge in [-0.1, -0.05) is 12.1 Å². The number of hydrogen-bond acceptors (Lipinski definition) is 6. The Morgan fingerprint density at radius 2 is 1.58 bits per heavy atom. The Bertz CT molecular complexity index is 977. The molecule has 0 spiro atoms. The number of halogens is 3. The molecule has 9 nitrogen and oxygen atoms in total. The first-order valence-corrected chi connectivity index (χ1v) is 8.62. The molecular formula is C19H17F3N4O5. The Balaban J connectivity index is 1.80. The van der Waals surface area contributed by atoms with Gasteiger partial charge in [-0.3, -0.25) is 15.0 Å². The molecule has 5 N–H and O–H groups in total. The van der Waals surface area contributed by atoms with Crippen LogP contribution in [0.15, 0.2) is 48.5 Å². The summed E-state index contributed by atoms with van der Waals surface area (Å²) in [5, 5.41) is 9.96. The van der Waals surface area contributed by atoms with Gasteiger partial charge in [-0.2, -0.15) is 18.7 Å². The minimum absolute atomic E-state index is 0.102. The fraction of sp³-hybridized carbons (Fsp3) is 0.158. The van der Waals surface area contributed by atoms with Crippen molar-refractivity contribution in [3.8, 4) is 5.75 Å². The first kappa shape index (κ1) is 23.2. The normalized spacial score (nSPS) is 10.7. The monoisotopic (exact) mass is 438 g/mol. The van der Waals surface area contributed by atoms with Crippen LogP contribution in [-0.4, -0.2) is 42.9 Å². The highest BCUT2D eigenvalue weighted by Crippen LogP contribution is 2.16. The SMILES string of the molecule is N=C(N)c1cccc(OCCNC(=O)c2ccc(C(=O)NOC(=O)C(F)(F)F)cc2)c1. The van der Waals surface area contributed by atoms with E-state index in [0.717, 1.165) is 0 Å². The van der Waals surface area contributed by atoms with Crippen LogP contribution in [0.1, 0.15) is 26.3 Å². The maximum absolute atomic E-state index is 12.1. The summed E-state index contributed by atoms with van der Waals surface area (Å²) in [5.74, 6) is -3.76. The van der Waals surface area contributed by atoms with E-state index in [-0.39, 0.29) is 30.1 Å². The molecule has 0 saturated carbocycles. The highest BCUT2D eigenvalue weighted by Gasteiger charge is 2.42. The largest absolute Gasteiger partial charge is 0.493 e. The van der Waals surface area contributed by atoms with Crippen molar-refractivity contribution in [1.29, 1.82) is 5.41 Å². The van der Waals surface area contributed by atoms with Crippen LogP contribution >= 0.6 is 0 Å². The molecule has 0 atom stereocenters. The fourth-order valence-electron chi connectivity index (χ4n) is 2.17. The van der Waals surface area contributed by atoms with Crippen LogP contribution in [0, 0.1) is 5.41 Å². The Hall–Kier alpha value is -4.09. The van der Waals surface area contributed by atoms with Gasteiger partial charge in [-0.05, 0) is 36.4 Å². The second-order valence-corrected chi connectivity index (χ2v) is 5.94. The van der Waals surface area contributed by atoms with Crippen molar-refractivity contribution in [3.63, 3.8) is 0 Å². The summed E-state index contributed by atoms with van der Waals surface area (Å²) < 4.78 is 41.5. The van der Waals surface area contributed by atoms with Crippen molar-refractivity contribution in [1.82, 2.24) is 10.8 Å². The summed E-state index contributed by atoms with van der Waals surface area (Å²) in [7, 11) is 0. The van der Waals surface area contributed by atoms with Crippen molar-refractivity contribution in [2.24, 2.45) is 5.73 Å². The number of carbonyl (C=O) groups is 3. The molecule has 2 aromatic carbocycles. The fourth-order valence-corrected chi connectivity index (χ4v) is 2.17. The van der Waals surface area contributed by atoms with Crippen molar-refractivity contribution in [2.45, 2.75) is 6.18 Å². The molecule has 0 fully saturated rings. The summed E-state index contributed by atoms with van der Waals surface area (Å²) in [6.07, 6.45) is -5.24. The predicted octanol–water partition coefficient (Wildman–Crippen LogP) is 1.53. The lowest BCUT2D eigenvalue weighted by atomic mass is 10.1. The van der Waals surface area contributed by atoms with E-state index in [4.69, 9.17) is 15.9 Å². The summed E-state index contributed by atoms with van der Waals surface area (Å²) in [6, 6.07) is 11.5. The Morgan fingerprint density at radius 3 is 2.16 bits per heavy atom. The number of nitrogens with two attached hydrogens (primary N) is 1. The van der Waals surface area contributed by atoms with Crippen LogP contribution in [0.3, 0.4) is 0 Å². The van der Waals surface area contributed by atoms with Crippen molar-refractivity contribution in [3.05, 3.63) is 65.2 Å². The number of amides is 2. The van der Waals surface area contributed by atoms with Gasteiger partial charge in [0, 0.05) is 16.7 Å². The quantitative estimate of drug-likeness (QED) is 0.223. The number of hydroxylamine groups is 1. The first-order chi connectivity index (χ1) is 14.6. The number of nitrogen functional groups attached to an aromatic ring is 1. The second kappa shape index (κ2) is 10.1. The van der Waals surface area contributed by atoms with Gasteiger partial charge in [0.25, 0.3) is 11.8 Å². The molecule has 0 aromatic heterocycles. The summed E-state index contributed by atoms with van der Waals surface area (Å²) in [5.41, 5.74) is 7.33. The van der Waals surface area contributed by atoms with Crippen LogP contribution in [-0.2, 0) is 9.63 Å². The summed E-state index contributed by atoms with van der Waals surface area (Å²) in [4.78, 5) is 38.0. The van der Waals surface area contributed by atoms with Gasteiger partial charge in [0.15, 0.2) is 0 Å². The zero-order valence-electron chi connectivity index (χ0n) is 15.8. The lowest BCUT2D eigenvalue weighted by Gasteiger charge is -2.09. The van der Waals surface area contributed by atoms with Gasteiger partial charge >= 0.3 is 12.1 Å². The van der Waals surface area contributed by atoms with Gasteiger partial charge in [-0.15, -0.1) is 0 Å². The smallest absolute Gasteiger partial charge is 0.492 e. The lowest BCUT2D eigenvalue weighted by Crippen LogP contribution is -2.34.